The van der Waals surface area contributed by atoms with Crippen molar-refractivity contribution < 1.29 is 9.53 Å². The number of nitrogens with one attached hydrogen (secondary N) is 1. The van der Waals surface area contributed by atoms with E-state index in [0.29, 0.717) is 0 Å². The maximum absolute atomic E-state index is 12.5. The summed E-state index contributed by atoms with van der Waals surface area (Å²) in [6.07, 6.45) is 1.59. The van der Waals surface area contributed by atoms with Gasteiger partial charge in [0.1, 0.15) is 11.9 Å². The molecule has 4 rings (SSSR count). The van der Waals surface area contributed by atoms with Gasteiger partial charge in [-0.25, -0.2) is 0 Å². The molecule has 3 N–H and O–H groups in total. The lowest BCUT2D eigenvalue weighted by Crippen LogP contribution is -2.56. The van der Waals surface area contributed by atoms with Gasteiger partial charge >= 0.3 is 0 Å². The normalized spacial score (nSPS) is 21.9. The Balaban J connectivity index is 1.67. The topological polar surface area (TPSA) is 67.6 Å². The van der Waals surface area contributed by atoms with Crippen molar-refractivity contribution in [1.82, 2.24) is 5.32 Å². The fourth-order valence-corrected chi connectivity index (χ4v) is 3.67. The van der Waals surface area contributed by atoms with Crippen molar-refractivity contribution in [3.63, 3.8) is 0 Å². The summed E-state index contributed by atoms with van der Waals surface area (Å²) in [5.74, 6) is 0.818. The minimum absolute atomic E-state index is 0.00346. The molecule has 2 aromatic rings. The van der Waals surface area contributed by atoms with Gasteiger partial charge in [0.05, 0.1) is 18.4 Å². The van der Waals surface area contributed by atoms with E-state index in [1.807, 2.05) is 42.5 Å². The molecule has 124 valence electrons. The first-order valence-corrected chi connectivity index (χ1v) is 8.26. The van der Waals surface area contributed by atoms with Crippen LogP contribution in [0, 0.1) is 0 Å². The molecule has 5 nitrogen and oxygen atoms in total. The van der Waals surface area contributed by atoms with Gasteiger partial charge in [0.25, 0.3) is 5.91 Å². The second kappa shape index (κ2) is 5.83. The van der Waals surface area contributed by atoms with Crippen molar-refractivity contribution in [1.29, 1.82) is 0 Å². The quantitative estimate of drug-likeness (QED) is 0.909. The highest BCUT2D eigenvalue weighted by molar-refractivity contribution is 6.03. The van der Waals surface area contributed by atoms with Crippen LogP contribution in [0.25, 0.3) is 0 Å². The number of nitrogens with two attached hydrogens (primary N) is 1. The highest BCUT2D eigenvalue weighted by Crippen LogP contribution is 2.38. The molecular formula is C19H21N3O2. The fraction of sp³-hybridized carbons (Fsp3) is 0.316. The Bertz CT molecular complexity index is 773. The van der Waals surface area contributed by atoms with Gasteiger partial charge < -0.3 is 20.7 Å². The van der Waals surface area contributed by atoms with E-state index in [-0.39, 0.29) is 18.1 Å². The standard InChI is InChI=1S/C19H21N3O2/c1-24-13-7-5-12(6-8-13)11-17-21-19(23)15-4-2-3-14-16(20)9-10-22(17)18(14)15/h2-8,16-17H,9-11,20H2,1H3,(H,21,23)/t16-,17-/m0/s1. The van der Waals surface area contributed by atoms with E-state index < -0.39 is 0 Å². The Morgan fingerprint density at radius 2 is 2.04 bits per heavy atom. The second-order valence-corrected chi connectivity index (χ2v) is 6.37. The summed E-state index contributed by atoms with van der Waals surface area (Å²) in [5.41, 5.74) is 10.2. The smallest absolute Gasteiger partial charge is 0.255 e. The molecule has 24 heavy (non-hydrogen) atoms. The monoisotopic (exact) mass is 323 g/mol. The number of nitrogens with zero attached hydrogens (tertiary/aromatic N) is 1. The Kier molecular flexibility index (Phi) is 3.65. The number of para-hydroxylation sites is 1. The molecule has 0 aromatic heterocycles. The predicted molar refractivity (Wildman–Crippen MR) is 93.3 cm³/mol. The number of hydrogen-bond acceptors (Lipinski definition) is 4. The first-order valence-electron chi connectivity index (χ1n) is 8.26. The third kappa shape index (κ3) is 2.41. The molecule has 0 saturated carbocycles. The van der Waals surface area contributed by atoms with Gasteiger partial charge in [-0.3, -0.25) is 4.79 Å². The summed E-state index contributed by atoms with van der Waals surface area (Å²) in [7, 11) is 1.66. The summed E-state index contributed by atoms with van der Waals surface area (Å²) in [4.78, 5) is 14.8. The van der Waals surface area contributed by atoms with Crippen LogP contribution in [0.3, 0.4) is 0 Å². The van der Waals surface area contributed by atoms with Crippen molar-refractivity contribution in [3.05, 3.63) is 59.2 Å². The zero-order valence-corrected chi connectivity index (χ0v) is 13.7. The number of carbonyl (C=O) groups excluding carboxylic acids is 1. The van der Waals surface area contributed by atoms with E-state index >= 15 is 0 Å². The molecule has 2 aliphatic heterocycles. The summed E-state index contributed by atoms with van der Waals surface area (Å²) < 4.78 is 5.21. The van der Waals surface area contributed by atoms with Crippen LogP contribution in [0.2, 0.25) is 0 Å². The number of carbonyl (C=O) groups is 1. The summed E-state index contributed by atoms with van der Waals surface area (Å²) in [6.45, 7) is 0.853. The molecule has 0 radical (unpaired) electrons. The van der Waals surface area contributed by atoms with Crippen LogP contribution in [0.15, 0.2) is 42.5 Å². The van der Waals surface area contributed by atoms with Crippen LogP contribution in [-0.4, -0.2) is 25.7 Å². The van der Waals surface area contributed by atoms with Crippen LogP contribution in [-0.2, 0) is 6.42 Å². The van der Waals surface area contributed by atoms with E-state index in [1.165, 1.54) is 0 Å². The number of ether oxygens (including phenoxy) is 1. The zero-order chi connectivity index (χ0) is 16.7. The minimum Gasteiger partial charge on any atom is -0.497 e. The molecule has 0 bridgehead atoms. The van der Waals surface area contributed by atoms with Gasteiger partial charge in [0.2, 0.25) is 0 Å². The molecule has 2 atom stereocenters. The molecule has 1 amide bonds. The van der Waals surface area contributed by atoms with E-state index in [4.69, 9.17) is 10.5 Å². The van der Waals surface area contributed by atoms with Gasteiger partial charge in [-0.15, -0.1) is 0 Å². The molecular weight excluding hydrogens is 302 g/mol. The lowest BCUT2D eigenvalue weighted by Gasteiger charge is -2.44. The number of rotatable bonds is 3. The van der Waals surface area contributed by atoms with Gasteiger partial charge in [-0.2, -0.15) is 0 Å². The number of methoxy groups -OCH3 is 1. The van der Waals surface area contributed by atoms with E-state index in [1.54, 1.807) is 7.11 Å². The summed E-state index contributed by atoms with van der Waals surface area (Å²) in [6, 6.07) is 13.8. The molecule has 0 fully saturated rings. The van der Waals surface area contributed by atoms with Gasteiger partial charge in [0.15, 0.2) is 0 Å². The van der Waals surface area contributed by atoms with Crippen LogP contribution in [0.5, 0.6) is 5.75 Å². The van der Waals surface area contributed by atoms with Crippen LogP contribution < -0.4 is 20.7 Å². The molecule has 0 unspecified atom stereocenters. The number of amides is 1. The lowest BCUT2D eigenvalue weighted by molar-refractivity contribution is 0.0925. The average molecular weight is 323 g/mol. The van der Waals surface area contributed by atoms with Crippen molar-refractivity contribution in [2.45, 2.75) is 25.0 Å². The maximum atomic E-state index is 12.5. The van der Waals surface area contributed by atoms with E-state index in [0.717, 1.165) is 47.5 Å². The number of anilines is 1. The minimum atomic E-state index is -0.0490. The Hall–Kier alpha value is -2.53. The third-order valence-electron chi connectivity index (χ3n) is 4.94. The highest BCUT2D eigenvalue weighted by Gasteiger charge is 2.36. The van der Waals surface area contributed by atoms with Gasteiger partial charge in [-0.05, 0) is 35.7 Å². The van der Waals surface area contributed by atoms with Crippen LogP contribution in [0.1, 0.15) is 33.9 Å². The highest BCUT2D eigenvalue weighted by atomic mass is 16.5. The molecule has 5 heteroatoms. The largest absolute Gasteiger partial charge is 0.497 e. The zero-order valence-electron chi connectivity index (χ0n) is 13.7. The van der Waals surface area contributed by atoms with Gasteiger partial charge in [0, 0.05) is 19.0 Å². The fourth-order valence-electron chi connectivity index (χ4n) is 3.67. The lowest BCUT2D eigenvalue weighted by atomic mass is 9.90. The van der Waals surface area contributed by atoms with E-state index in [9.17, 15) is 4.79 Å². The van der Waals surface area contributed by atoms with Crippen LogP contribution >= 0.6 is 0 Å². The van der Waals surface area contributed by atoms with Crippen molar-refractivity contribution in [2.75, 3.05) is 18.6 Å². The third-order valence-corrected chi connectivity index (χ3v) is 4.94. The molecule has 2 aliphatic rings. The van der Waals surface area contributed by atoms with E-state index in [2.05, 4.69) is 10.2 Å². The first-order chi connectivity index (χ1) is 11.7. The Morgan fingerprint density at radius 3 is 2.79 bits per heavy atom. The molecule has 2 aromatic carbocycles. The first kappa shape index (κ1) is 15.0. The molecule has 0 aliphatic carbocycles. The Morgan fingerprint density at radius 1 is 1.25 bits per heavy atom. The maximum Gasteiger partial charge on any atom is 0.255 e. The Labute approximate surface area is 141 Å². The van der Waals surface area contributed by atoms with Crippen molar-refractivity contribution in [2.24, 2.45) is 5.73 Å². The predicted octanol–water partition coefficient (Wildman–Crippen LogP) is 2.22. The van der Waals surface area contributed by atoms with Crippen LogP contribution in [0.4, 0.5) is 5.69 Å². The van der Waals surface area contributed by atoms with Crippen molar-refractivity contribution >= 4 is 11.6 Å². The van der Waals surface area contributed by atoms with Gasteiger partial charge in [-0.1, -0.05) is 24.3 Å². The van der Waals surface area contributed by atoms with Crippen molar-refractivity contribution in [3.8, 4) is 5.75 Å². The SMILES string of the molecule is COc1ccc(C[C@H]2NC(=O)c3cccc4c3N2CC[C@@H]4N)cc1. The second-order valence-electron chi connectivity index (χ2n) is 6.37. The molecule has 0 saturated heterocycles. The number of hydrogen-bond donors (Lipinski definition) is 2. The molecule has 2 heterocycles. The summed E-state index contributed by atoms with van der Waals surface area (Å²) >= 11 is 0. The average Bonchev–Trinajstić information content (AvgIpc) is 2.61. The number of benzene rings is 2. The summed E-state index contributed by atoms with van der Waals surface area (Å²) in [5, 5.41) is 3.14. The molecule has 0 spiro atoms.